The van der Waals surface area contributed by atoms with E-state index in [0.29, 0.717) is 0 Å². The highest BCUT2D eigenvalue weighted by Crippen LogP contribution is 2.10. The molecule has 1 heterocycles. The molecule has 0 aliphatic carbocycles. The van der Waals surface area contributed by atoms with Gasteiger partial charge in [0.05, 0.1) is 0 Å². The minimum Gasteiger partial charge on any atom is -0.350 e. The van der Waals surface area contributed by atoms with Gasteiger partial charge in [0, 0.05) is 31.5 Å². The van der Waals surface area contributed by atoms with Crippen molar-refractivity contribution < 1.29 is 18.8 Å². The molecule has 19 heavy (non-hydrogen) atoms. The van der Waals surface area contributed by atoms with Gasteiger partial charge in [0.2, 0.25) is 11.8 Å². The van der Waals surface area contributed by atoms with Gasteiger partial charge in [0.25, 0.3) is 5.91 Å². The smallest absolute Gasteiger partial charge is 0.251 e. The van der Waals surface area contributed by atoms with E-state index in [0.717, 1.165) is 11.0 Å². The first kappa shape index (κ1) is 13.2. The number of imide groups is 1. The van der Waals surface area contributed by atoms with Crippen molar-refractivity contribution in [3.8, 4) is 0 Å². The van der Waals surface area contributed by atoms with Crippen molar-refractivity contribution in [2.45, 2.75) is 12.8 Å². The Morgan fingerprint density at radius 3 is 2.58 bits per heavy atom. The largest absolute Gasteiger partial charge is 0.350 e. The molecule has 6 heteroatoms. The van der Waals surface area contributed by atoms with E-state index in [9.17, 15) is 18.8 Å². The van der Waals surface area contributed by atoms with E-state index < -0.39 is 11.7 Å². The van der Waals surface area contributed by atoms with E-state index in [1.54, 1.807) is 0 Å². The van der Waals surface area contributed by atoms with Crippen LogP contribution in [0, 0.1) is 5.82 Å². The molecule has 0 bridgehead atoms. The van der Waals surface area contributed by atoms with Crippen molar-refractivity contribution in [3.63, 3.8) is 0 Å². The van der Waals surface area contributed by atoms with Crippen LogP contribution in [0.25, 0.3) is 0 Å². The Morgan fingerprint density at radius 2 is 1.95 bits per heavy atom. The summed E-state index contributed by atoms with van der Waals surface area (Å²) in [5.74, 6) is -1.36. The van der Waals surface area contributed by atoms with Crippen LogP contribution in [0.3, 0.4) is 0 Å². The zero-order valence-corrected chi connectivity index (χ0v) is 10.2. The molecule has 5 nitrogen and oxygen atoms in total. The Labute approximate surface area is 109 Å². The van der Waals surface area contributed by atoms with Crippen LogP contribution >= 0.6 is 0 Å². The van der Waals surface area contributed by atoms with Crippen molar-refractivity contribution in [2.24, 2.45) is 0 Å². The second-order valence-electron chi connectivity index (χ2n) is 4.21. The summed E-state index contributed by atoms with van der Waals surface area (Å²) in [5.41, 5.74) is 0.207. The second-order valence-corrected chi connectivity index (χ2v) is 4.21. The number of halogens is 1. The van der Waals surface area contributed by atoms with Gasteiger partial charge in [0.1, 0.15) is 5.82 Å². The number of rotatable bonds is 4. The van der Waals surface area contributed by atoms with Gasteiger partial charge in [-0.2, -0.15) is 0 Å². The van der Waals surface area contributed by atoms with Crippen molar-refractivity contribution in [2.75, 3.05) is 13.1 Å². The average Bonchev–Trinajstić information content (AvgIpc) is 2.70. The minimum atomic E-state index is -0.488. The molecule has 1 saturated heterocycles. The molecule has 1 aliphatic rings. The van der Waals surface area contributed by atoms with E-state index in [1.165, 1.54) is 18.2 Å². The van der Waals surface area contributed by atoms with E-state index in [-0.39, 0.29) is 43.3 Å². The Kier molecular flexibility index (Phi) is 3.89. The molecule has 100 valence electrons. The molecule has 0 spiro atoms. The number of hydrogen-bond donors (Lipinski definition) is 1. The predicted octanol–water partition coefficient (Wildman–Crippen LogP) is 0.704. The van der Waals surface area contributed by atoms with E-state index >= 15 is 0 Å². The molecule has 1 aliphatic heterocycles. The summed E-state index contributed by atoms with van der Waals surface area (Å²) in [6, 6.07) is 5.31. The summed E-state index contributed by atoms with van der Waals surface area (Å²) in [7, 11) is 0. The number of benzene rings is 1. The SMILES string of the molecule is O=C(NCCN1C(=O)CCC1=O)c1cccc(F)c1. The van der Waals surface area contributed by atoms with Gasteiger partial charge < -0.3 is 5.32 Å². The van der Waals surface area contributed by atoms with Gasteiger partial charge >= 0.3 is 0 Å². The molecule has 0 saturated carbocycles. The van der Waals surface area contributed by atoms with Crippen molar-refractivity contribution in [1.29, 1.82) is 0 Å². The molecule has 0 unspecified atom stereocenters. The van der Waals surface area contributed by atoms with Crippen LogP contribution in [0.2, 0.25) is 0 Å². The number of hydrogen-bond acceptors (Lipinski definition) is 3. The fraction of sp³-hybridized carbons (Fsp3) is 0.308. The Hall–Kier alpha value is -2.24. The molecular weight excluding hydrogens is 251 g/mol. The van der Waals surface area contributed by atoms with Gasteiger partial charge in [-0.05, 0) is 18.2 Å². The third-order valence-corrected chi connectivity index (χ3v) is 2.86. The van der Waals surface area contributed by atoms with Crippen LogP contribution in [0.4, 0.5) is 4.39 Å². The molecule has 0 radical (unpaired) electrons. The molecule has 3 amide bonds. The van der Waals surface area contributed by atoms with Crippen LogP contribution in [-0.4, -0.2) is 35.7 Å². The van der Waals surface area contributed by atoms with Crippen LogP contribution in [0.15, 0.2) is 24.3 Å². The third-order valence-electron chi connectivity index (χ3n) is 2.86. The lowest BCUT2D eigenvalue weighted by molar-refractivity contribution is -0.138. The number of likely N-dealkylation sites (tertiary alicyclic amines) is 1. The highest BCUT2D eigenvalue weighted by atomic mass is 19.1. The first-order chi connectivity index (χ1) is 9.08. The molecule has 1 aromatic rings. The fourth-order valence-corrected chi connectivity index (χ4v) is 1.89. The highest BCUT2D eigenvalue weighted by molar-refractivity contribution is 6.02. The zero-order valence-electron chi connectivity index (χ0n) is 10.2. The Morgan fingerprint density at radius 1 is 1.26 bits per heavy atom. The molecule has 2 rings (SSSR count). The van der Waals surface area contributed by atoms with Gasteiger partial charge in [-0.1, -0.05) is 6.07 Å². The van der Waals surface area contributed by atoms with Crippen LogP contribution in [0.1, 0.15) is 23.2 Å². The lowest BCUT2D eigenvalue weighted by Crippen LogP contribution is -2.37. The van der Waals surface area contributed by atoms with Crippen LogP contribution in [0.5, 0.6) is 0 Å². The molecule has 0 atom stereocenters. The second kappa shape index (κ2) is 5.60. The topological polar surface area (TPSA) is 66.5 Å². The van der Waals surface area contributed by atoms with Crippen molar-refractivity contribution in [3.05, 3.63) is 35.6 Å². The minimum absolute atomic E-state index is 0.152. The molecular formula is C13H13FN2O3. The Balaban J connectivity index is 1.84. The average molecular weight is 264 g/mol. The normalized spacial score (nSPS) is 14.9. The number of carbonyl (C=O) groups excluding carboxylic acids is 3. The molecule has 1 N–H and O–H groups in total. The van der Waals surface area contributed by atoms with Gasteiger partial charge in [-0.3, -0.25) is 19.3 Å². The molecule has 1 fully saturated rings. The quantitative estimate of drug-likeness (QED) is 0.814. The van der Waals surface area contributed by atoms with Crippen LogP contribution in [-0.2, 0) is 9.59 Å². The summed E-state index contributed by atoms with van der Waals surface area (Å²) < 4.78 is 12.9. The molecule has 1 aromatic carbocycles. The van der Waals surface area contributed by atoms with Gasteiger partial charge in [0.15, 0.2) is 0 Å². The number of nitrogens with zero attached hydrogens (tertiary/aromatic N) is 1. The summed E-state index contributed by atoms with van der Waals surface area (Å²) in [6.07, 6.45) is 0.466. The number of nitrogens with one attached hydrogen (secondary N) is 1. The third kappa shape index (κ3) is 3.15. The maximum atomic E-state index is 12.9. The summed E-state index contributed by atoms with van der Waals surface area (Å²) in [5, 5.41) is 2.54. The molecule has 0 aromatic heterocycles. The van der Waals surface area contributed by atoms with E-state index in [2.05, 4.69) is 5.32 Å². The standard InChI is InChI=1S/C13H13FN2O3/c14-10-3-1-2-9(8-10)13(19)15-6-7-16-11(17)4-5-12(16)18/h1-3,8H,4-7H2,(H,15,19). The van der Waals surface area contributed by atoms with E-state index in [1.807, 2.05) is 0 Å². The Bertz CT molecular complexity index is 514. The lowest BCUT2D eigenvalue weighted by atomic mass is 10.2. The number of carbonyl (C=O) groups is 3. The monoisotopic (exact) mass is 264 g/mol. The summed E-state index contributed by atoms with van der Waals surface area (Å²) >= 11 is 0. The lowest BCUT2D eigenvalue weighted by Gasteiger charge is -2.13. The highest BCUT2D eigenvalue weighted by Gasteiger charge is 2.28. The summed E-state index contributed by atoms with van der Waals surface area (Å²) in [6.45, 7) is 0.311. The summed E-state index contributed by atoms with van der Waals surface area (Å²) in [4.78, 5) is 35.4. The van der Waals surface area contributed by atoms with Crippen molar-refractivity contribution in [1.82, 2.24) is 10.2 Å². The maximum Gasteiger partial charge on any atom is 0.251 e. The van der Waals surface area contributed by atoms with Gasteiger partial charge in [-0.15, -0.1) is 0 Å². The van der Waals surface area contributed by atoms with Crippen LogP contribution < -0.4 is 5.32 Å². The predicted molar refractivity (Wildman–Crippen MR) is 64.7 cm³/mol. The maximum absolute atomic E-state index is 12.9. The zero-order chi connectivity index (χ0) is 13.8. The number of amides is 3. The van der Waals surface area contributed by atoms with Gasteiger partial charge in [-0.25, -0.2) is 4.39 Å². The first-order valence-corrected chi connectivity index (χ1v) is 5.95. The van der Waals surface area contributed by atoms with Crippen molar-refractivity contribution >= 4 is 17.7 Å². The van der Waals surface area contributed by atoms with E-state index in [4.69, 9.17) is 0 Å². The fourth-order valence-electron chi connectivity index (χ4n) is 1.89. The first-order valence-electron chi connectivity index (χ1n) is 5.95.